The Morgan fingerprint density at radius 1 is 0.971 bits per heavy atom. The lowest BCUT2D eigenvalue weighted by Gasteiger charge is -2.32. The molecule has 5 rings (SSSR count). The van der Waals surface area contributed by atoms with Gasteiger partial charge in [-0.25, -0.2) is 4.79 Å². The molecule has 0 saturated carbocycles. The van der Waals surface area contributed by atoms with Crippen LogP contribution in [-0.4, -0.2) is 35.5 Å². The first-order valence-electron chi connectivity index (χ1n) is 12.8. The van der Waals surface area contributed by atoms with Crippen molar-refractivity contribution < 1.29 is 9.53 Å². The Hall–Kier alpha value is -3.37. The van der Waals surface area contributed by atoms with Crippen molar-refractivity contribution >= 4 is 16.9 Å². The number of unbranched alkanes of at least 4 members (excludes halogenated alkanes) is 1. The second-order valence-electron chi connectivity index (χ2n) is 9.76. The van der Waals surface area contributed by atoms with E-state index in [-0.39, 0.29) is 5.97 Å². The first-order chi connectivity index (χ1) is 17.2. The van der Waals surface area contributed by atoms with Gasteiger partial charge in [0.25, 0.3) is 0 Å². The molecule has 0 atom stereocenters. The Balaban J connectivity index is 1.11. The van der Waals surface area contributed by atoms with E-state index in [9.17, 15) is 4.79 Å². The molecule has 1 aromatic heterocycles. The molecule has 0 unspecified atom stereocenters. The fraction of sp³-hybridized carbons (Fsp3) is 0.323. The molecular weight excluding hydrogens is 432 g/mol. The van der Waals surface area contributed by atoms with Gasteiger partial charge >= 0.3 is 5.97 Å². The molecule has 0 amide bonds. The highest BCUT2D eigenvalue weighted by Crippen LogP contribution is 2.28. The van der Waals surface area contributed by atoms with E-state index in [4.69, 9.17) is 4.74 Å². The third-order valence-electron chi connectivity index (χ3n) is 7.27. The minimum absolute atomic E-state index is 0.322. The molecular formula is C31H34N2O2. The van der Waals surface area contributed by atoms with E-state index in [1.54, 1.807) is 0 Å². The van der Waals surface area contributed by atoms with Gasteiger partial charge in [0.05, 0.1) is 5.56 Å². The zero-order chi connectivity index (χ0) is 24.0. The van der Waals surface area contributed by atoms with Crippen molar-refractivity contribution in [2.75, 3.05) is 19.6 Å². The molecule has 180 valence electrons. The van der Waals surface area contributed by atoms with Gasteiger partial charge in [-0.15, -0.1) is 0 Å². The fourth-order valence-corrected chi connectivity index (χ4v) is 5.15. The lowest BCUT2D eigenvalue weighted by molar-refractivity contribution is 0.0735. The Kier molecular flexibility index (Phi) is 7.29. The average Bonchev–Trinajstić information content (AvgIpc) is 3.30. The smallest absolute Gasteiger partial charge is 0.343 e. The topological polar surface area (TPSA) is 45.3 Å². The summed E-state index contributed by atoms with van der Waals surface area (Å²) < 4.78 is 5.66. The monoisotopic (exact) mass is 466 g/mol. The van der Waals surface area contributed by atoms with E-state index in [0.717, 1.165) is 29.3 Å². The van der Waals surface area contributed by atoms with Gasteiger partial charge in [0.1, 0.15) is 5.75 Å². The van der Waals surface area contributed by atoms with E-state index in [1.807, 2.05) is 49.4 Å². The molecule has 1 saturated heterocycles. The van der Waals surface area contributed by atoms with Crippen LogP contribution in [0.4, 0.5) is 0 Å². The summed E-state index contributed by atoms with van der Waals surface area (Å²) in [7, 11) is 0. The number of piperidine rings is 1. The summed E-state index contributed by atoms with van der Waals surface area (Å²) in [6.07, 6.45) is 7.99. The number of aryl methyl sites for hydroxylation is 2. The van der Waals surface area contributed by atoms with Crippen molar-refractivity contribution in [1.29, 1.82) is 0 Å². The van der Waals surface area contributed by atoms with Crippen molar-refractivity contribution in [2.24, 2.45) is 0 Å². The van der Waals surface area contributed by atoms with Crippen molar-refractivity contribution in [3.63, 3.8) is 0 Å². The van der Waals surface area contributed by atoms with Gasteiger partial charge in [0.15, 0.2) is 0 Å². The van der Waals surface area contributed by atoms with Crippen molar-refractivity contribution in [3.8, 4) is 5.75 Å². The van der Waals surface area contributed by atoms with E-state index in [0.29, 0.717) is 17.2 Å². The molecule has 4 aromatic rings. The van der Waals surface area contributed by atoms with Gasteiger partial charge < -0.3 is 14.6 Å². The van der Waals surface area contributed by atoms with Crippen molar-refractivity contribution in [2.45, 2.75) is 44.9 Å². The van der Waals surface area contributed by atoms with Gasteiger partial charge in [-0.1, -0.05) is 48.0 Å². The van der Waals surface area contributed by atoms with Crippen molar-refractivity contribution in [3.05, 3.63) is 101 Å². The highest BCUT2D eigenvalue weighted by Gasteiger charge is 2.20. The lowest BCUT2D eigenvalue weighted by Crippen LogP contribution is -2.33. The van der Waals surface area contributed by atoms with Crippen LogP contribution in [0.1, 0.15) is 58.6 Å². The summed E-state index contributed by atoms with van der Waals surface area (Å²) in [6, 6.07) is 24.3. The maximum atomic E-state index is 12.5. The molecule has 1 aliphatic rings. The third kappa shape index (κ3) is 5.83. The summed E-state index contributed by atoms with van der Waals surface area (Å²) in [4.78, 5) is 18.5. The zero-order valence-electron chi connectivity index (χ0n) is 20.5. The largest absolute Gasteiger partial charge is 0.423 e. The Labute approximate surface area is 207 Å². The Morgan fingerprint density at radius 3 is 2.51 bits per heavy atom. The molecule has 1 fully saturated rings. The molecule has 0 aliphatic carbocycles. The van der Waals surface area contributed by atoms with Crippen LogP contribution in [0.3, 0.4) is 0 Å². The predicted octanol–water partition coefficient (Wildman–Crippen LogP) is 6.90. The molecule has 35 heavy (non-hydrogen) atoms. The van der Waals surface area contributed by atoms with Crippen LogP contribution >= 0.6 is 0 Å². The number of fused-ring (bicyclic) bond motifs is 1. The molecule has 4 heteroatoms. The number of benzene rings is 3. The molecule has 0 radical (unpaired) electrons. The number of nitrogens with zero attached hydrogens (tertiary/aromatic N) is 1. The number of carbonyl (C=O) groups is 1. The fourth-order valence-electron chi connectivity index (χ4n) is 5.15. The molecule has 1 N–H and O–H groups in total. The van der Waals surface area contributed by atoms with Crippen LogP contribution in [0.25, 0.3) is 10.9 Å². The van der Waals surface area contributed by atoms with Crippen LogP contribution in [-0.2, 0) is 6.42 Å². The maximum Gasteiger partial charge on any atom is 0.343 e. The quantitative estimate of drug-likeness (QED) is 0.175. The number of likely N-dealkylation sites (tertiary alicyclic amines) is 1. The first kappa shape index (κ1) is 23.4. The van der Waals surface area contributed by atoms with Crippen LogP contribution in [0, 0.1) is 6.92 Å². The second-order valence-corrected chi connectivity index (χ2v) is 9.76. The molecule has 2 heterocycles. The number of carbonyl (C=O) groups excluding carboxylic acids is 1. The summed E-state index contributed by atoms with van der Waals surface area (Å²) in [5.41, 5.74) is 5.55. The Bertz CT molecular complexity index is 1250. The SMILES string of the molecule is Cc1ccc(C(=O)Oc2ccc3[nH]cc(CCCCN4CCC(c5ccccc5)CC4)c3c2)cc1. The number of esters is 1. The molecule has 0 spiro atoms. The van der Waals surface area contributed by atoms with E-state index >= 15 is 0 Å². The number of nitrogens with one attached hydrogen (secondary N) is 1. The number of aromatic nitrogens is 1. The minimum Gasteiger partial charge on any atom is -0.423 e. The van der Waals surface area contributed by atoms with E-state index in [2.05, 4.69) is 46.4 Å². The van der Waals surface area contributed by atoms with Gasteiger partial charge in [-0.05, 0) is 106 Å². The predicted molar refractivity (Wildman–Crippen MR) is 142 cm³/mol. The third-order valence-corrected chi connectivity index (χ3v) is 7.27. The molecule has 1 aliphatic heterocycles. The molecule has 4 nitrogen and oxygen atoms in total. The van der Waals surface area contributed by atoms with Crippen LogP contribution in [0.2, 0.25) is 0 Å². The van der Waals surface area contributed by atoms with Crippen molar-refractivity contribution in [1.82, 2.24) is 9.88 Å². The lowest BCUT2D eigenvalue weighted by atomic mass is 9.89. The number of rotatable bonds is 8. The minimum atomic E-state index is -0.322. The first-order valence-corrected chi connectivity index (χ1v) is 12.8. The standard InChI is InChI=1S/C31H34N2O2/c1-23-10-12-26(13-11-23)31(34)35-28-14-15-30-29(21-28)27(22-32-30)9-5-6-18-33-19-16-25(17-20-33)24-7-3-2-4-8-24/h2-4,7-8,10-15,21-22,25,32H,5-6,9,16-20H2,1H3. The van der Waals surface area contributed by atoms with Crippen LogP contribution < -0.4 is 4.74 Å². The highest BCUT2D eigenvalue weighted by atomic mass is 16.5. The number of ether oxygens (including phenoxy) is 1. The summed E-state index contributed by atoms with van der Waals surface area (Å²) in [5, 5.41) is 1.14. The van der Waals surface area contributed by atoms with Gasteiger partial charge in [0, 0.05) is 17.1 Å². The maximum absolute atomic E-state index is 12.5. The van der Waals surface area contributed by atoms with Gasteiger partial charge in [0.2, 0.25) is 0 Å². The van der Waals surface area contributed by atoms with Gasteiger partial charge in [-0.2, -0.15) is 0 Å². The van der Waals surface area contributed by atoms with Gasteiger partial charge in [-0.3, -0.25) is 0 Å². The summed E-state index contributed by atoms with van der Waals surface area (Å²) >= 11 is 0. The normalized spacial score (nSPS) is 14.9. The van der Waals surface area contributed by atoms with Crippen LogP contribution in [0.15, 0.2) is 79.0 Å². The number of aromatic amines is 1. The molecule has 3 aromatic carbocycles. The highest BCUT2D eigenvalue weighted by molar-refractivity contribution is 5.92. The number of hydrogen-bond acceptors (Lipinski definition) is 3. The second kappa shape index (κ2) is 10.9. The van der Waals surface area contributed by atoms with Crippen LogP contribution in [0.5, 0.6) is 5.75 Å². The molecule has 0 bridgehead atoms. The van der Waals surface area contributed by atoms with E-state index < -0.39 is 0 Å². The van der Waals surface area contributed by atoms with E-state index in [1.165, 1.54) is 50.0 Å². The average molecular weight is 467 g/mol. The zero-order valence-corrected chi connectivity index (χ0v) is 20.5. The summed E-state index contributed by atoms with van der Waals surface area (Å²) in [6.45, 7) is 5.57. The Morgan fingerprint density at radius 2 is 1.74 bits per heavy atom. The number of H-pyrrole nitrogens is 1. The summed E-state index contributed by atoms with van der Waals surface area (Å²) in [5.74, 6) is 0.982. The number of hydrogen-bond donors (Lipinski definition) is 1.